The zero-order valence-electron chi connectivity index (χ0n) is 9.69. The fourth-order valence-corrected chi connectivity index (χ4v) is 1.15. The molecule has 0 aromatic carbocycles. The number of nitrogens with zero attached hydrogens (tertiary/aromatic N) is 1. The quantitative estimate of drug-likeness (QED) is 0.576. The molecule has 0 amide bonds. The lowest BCUT2D eigenvalue weighted by Gasteiger charge is -2.02. The van der Waals surface area contributed by atoms with Crippen LogP contribution in [-0.4, -0.2) is 24.7 Å². The van der Waals surface area contributed by atoms with Crippen LogP contribution in [0.1, 0.15) is 19.5 Å². The molecule has 1 heterocycles. The number of pyridine rings is 1. The van der Waals surface area contributed by atoms with Crippen LogP contribution in [0, 0.1) is 0 Å². The predicted molar refractivity (Wildman–Crippen MR) is 61.1 cm³/mol. The summed E-state index contributed by atoms with van der Waals surface area (Å²) in [5.41, 5.74) is 1.19. The van der Waals surface area contributed by atoms with Crippen molar-refractivity contribution in [1.29, 1.82) is 0 Å². The summed E-state index contributed by atoms with van der Waals surface area (Å²) in [4.78, 5) is 15.5. The lowest BCUT2D eigenvalue weighted by atomic mass is 10.2. The maximum absolute atomic E-state index is 11.4. The van der Waals surface area contributed by atoms with Gasteiger partial charge in [-0.3, -0.25) is 0 Å². The van der Waals surface area contributed by atoms with Gasteiger partial charge in [-0.25, -0.2) is 9.78 Å². The number of esters is 1. The van der Waals surface area contributed by atoms with E-state index in [1.165, 1.54) is 0 Å². The lowest BCUT2D eigenvalue weighted by molar-refractivity contribution is -0.138. The van der Waals surface area contributed by atoms with Crippen LogP contribution in [0.4, 0.5) is 0 Å². The molecule has 4 heteroatoms. The summed E-state index contributed by atoms with van der Waals surface area (Å²) < 4.78 is 9.85. The summed E-state index contributed by atoms with van der Waals surface area (Å²) in [6.07, 6.45) is 1.67. The second-order valence-electron chi connectivity index (χ2n) is 3.15. The number of hydrogen-bond acceptors (Lipinski definition) is 4. The molecule has 0 N–H and O–H groups in total. The van der Waals surface area contributed by atoms with E-state index in [0.29, 0.717) is 23.8 Å². The van der Waals surface area contributed by atoms with Gasteiger partial charge in [0.25, 0.3) is 0 Å². The molecular weight excluding hydrogens is 206 g/mol. The molecule has 0 aliphatic rings. The van der Waals surface area contributed by atoms with Gasteiger partial charge in [0.15, 0.2) is 0 Å². The molecule has 0 spiro atoms. The molecule has 0 bridgehead atoms. The zero-order chi connectivity index (χ0) is 12.0. The van der Waals surface area contributed by atoms with Crippen molar-refractivity contribution in [2.75, 3.05) is 13.7 Å². The minimum Gasteiger partial charge on any atom is -0.481 e. The van der Waals surface area contributed by atoms with E-state index in [1.807, 2.05) is 6.07 Å². The van der Waals surface area contributed by atoms with Gasteiger partial charge < -0.3 is 9.47 Å². The van der Waals surface area contributed by atoms with Crippen molar-refractivity contribution in [2.24, 2.45) is 0 Å². The Hall–Kier alpha value is -1.84. The van der Waals surface area contributed by atoms with Gasteiger partial charge in [0.1, 0.15) is 0 Å². The summed E-state index contributed by atoms with van der Waals surface area (Å²) in [6.45, 7) is 3.84. The first-order chi connectivity index (χ1) is 7.67. The molecule has 4 nitrogen and oxygen atoms in total. The number of carbonyl (C=O) groups excluding carboxylic acids is 1. The summed E-state index contributed by atoms with van der Waals surface area (Å²) in [6, 6.07) is 5.36. The number of ether oxygens (including phenoxy) is 2. The van der Waals surface area contributed by atoms with Crippen molar-refractivity contribution in [3.05, 3.63) is 29.5 Å². The molecule has 0 saturated heterocycles. The summed E-state index contributed by atoms with van der Waals surface area (Å²) in [5, 5.41) is 0. The number of hydrogen-bond donors (Lipinski definition) is 0. The first kappa shape index (κ1) is 12.2. The number of aromatic nitrogens is 1. The molecule has 0 fully saturated rings. The number of rotatable bonds is 4. The zero-order valence-corrected chi connectivity index (χ0v) is 9.69. The third-order valence-corrected chi connectivity index (χ3v) is 1.92. The van der Waals surface area contributed by atoms with E-state index in [-0.39, 0.29) is 5.97 Å². The van der Waals surface area contributed by atoms with Gasteiger partial charge in [0.2, 0.25) is 5.88 Å². The largest absolute Gasteiger partial charge is 0.481 e. The van der Waals surface area contributed by atoms with Crippen LogP contribution >= 0.6 is 0 Å². The van der Waals surface area contributed by atoms with Gasteiger partial charge in [-0.05, 0) is 26.0 Å². The Morgan fingerprint density at radius 2 is 2.25 bits per heavy atom. The number of carbonyl (C=O) groups is 1. The van der Waals surface area contributed by atoms with Crippen molar-refractivity contribution in [3.8, 4) is 5.88 Å². The van der Waals surface area contributed by atoms with Gasteiger partial charge in [0.05, 0.1) is 19.4 Å². The lowest BCUT2D eigenvalue weighted by Crippen LogP contribution is -2.05. The van der Waals surface area contributed by atoms with E-state index in [2.05, 4.69) is 4.98 Å². The normalized spacial score (nSPS) is 11.1. The van der Waals surface area contributed by atoms with E-state index in [1.54, 1.807) is 39.2 Å². The topological polar surface area (TPSA) is 48.4 Å². The molecule has 0 aliphatic carbocycles. The molecule has 16 heavy (non-hydrogen) atoms. The molecular formula is C12H15NO3. The van der Waals surface area contributed by atoms with Crippen LogP contribution in [0.2, 0.25) is 0 Å². The maximum Gasteiger partial charge on any atom is 0.333 e. The molecule has 1 aromatic rings. The molecule has 0 atom stereocenters. The van der Waals surface area contributed by atoms with Crippen molar-refractivity contribution in [2.45, 2.75) is 13.8 Å². The van der Waals surface area contributed by atoms with Gasteiger partial charge in [-0.15, -0.1) is 0 Å². The van der Waals surface area contributed by atoms with Crippen LogP contribution < -0.4 is 4.74 Å². The smallest absolute Gasteiger partial charge is 0.333 e. The van der Waals surface area contributed by atoms with E-state index in [9.17, 15) is 4.79 Å². The van der Waals surface area contributed by atoms with Gasteiger partial charge in [-0.1, -0.05) is 6.07 Å². The van der Waals surface area contributed by atoms with Crippen LogP contribution in [-0.2, 0) is 9.53 Å². The monoisotopic (exact) mass is 221 g/mol. The molecule has 1 aromatic heterocycles. The van der Waals surface area contributed by atoms with Crippen LogP contribution in [0.5, 0.6) is 5.88 Å². The van der Waals surface area contributed by atoms with Gasteiger partial charge >= 0.3 is 5.97 Å². The highest BCUT2D eigenvalue weighted by Gasteiger charge is 2.05. The minimum absolute atomic E-state index is 0.327. The molecule has 1 rings (SSSR count). The second kappa shape index (κ2) is 5.90. The third-order valence-electron chi connectivity index (χ3n) is 1.92. The van der Waals surface area contributed by atoms with E-state index in [4.69, 9.17) is 9.47 Å². The van der Waals surface area contributed by atoms with Crippen molar-refractivity contribution in [1.82, 2.24) is 4.98 Å². The maximum atomic E-state index is 11.4. The third kappa shape index (κ3) is 3.38. The Balaban J connectivity index is 2.84. The van der Waals surface area contributed by atoms with E-state index >= 15 is 0 Å². The summed E-state index contributed by atoms with van der Waals surface area (Å²) in [7, 11) is 1.55. The molecule has 0 radical (unpaired) electrons. The Morgan fingerprint density at radius 1 is 1.50 bits per heavy atom. The first-order valence-electron chi connectivity index (χ1n) is 5.03. The molecule has 86 valence electrons. The Morgan fingerprint density at radius 3 is 2.88 bits per heavy atom. The first-order valence-corrected chi connectivity index (χ1v) is 5.03. The van der Waals surface area contributed by atoms with Crippen molar-refractivity contribution < 1.29 is 14.3 Å². The molecule has 0 unspecified atom stereocenters. The summed E-state index contributed by atoms with van der Waals surface area (Å²) >= 11 is 0. The Labute approximate surface area is 94.9 Å². The van der Waals surface area contributed by atoms with E-state index < -0.39 is 0 Å². The number of methoxy groups -OCH3 is 1. The molecule has 0 aliphatic heterocycles. The van der Waals surface area contributed by atoms with Crippen LogP contribution in [0.15, 0.2) is 23.8 Å². The van der Waals surface area contributed by atoms with Crippen molar-refractivity contribution in [3.63, 3.8) is 0 Å². The Kier molecular flexibility index (Phi) is 4.51. The highest BCUT2D eigenvalue weighted by Crippen LogP contribution is 2.10. The average molecular weight is 221 g/mol. The van der Waals surface area contributed by atoms with Crippen molar-refractivity contribution >= 4 is 12.0 Å². The fraction of sp³-hybridized carbons (Fsp3) is 0.333. The van der Waals surface area contributed by atoms with Gasteiger partial charge in [-0.2, -0.15) is 0 Å². The Bertz CT molecular complexity index is 399. The average Bonchev–Trinajstić information content (AvgIpc) is 2.29. The standard InChI is InChI=1S/C12H15NO3/c1-4-16-12(14)9(2)8-10-6-5-7-11(13-10)15-3/h5-8H,4H2,1-3H3/b9-8+. The predicted octanol–water partition coefficient (Wildman–Crippen LogP) is 2.06. The molecule has 0 saturated carbocycles. The van der Waals surface area contributed by atoms with Gasteiger partial charge in [0, 0.05) is 11.6 Å². The second-order valence-corrected chi connectivity index (χ2v) is 3.15. The minimum atomic E-state index is -0.327. The highest BCUT2D eigenvalue weighted by molar-refractivity contribution is 5.92. The SMILES string of the molecule is CCOC(=O)/C(C)=C/c1cccc(OC)n1. The highest BCUT2D eigenvalue weighted by atomic mass is 16.5. The van der Waals surface area contributed by atoms with Crippen LogP contribution in [0.25, 0.3) is 6.08 Å². The summed E-state index contributed by atoms with van der Waals surface area (Å²) in [5.74, 6) is 0.192. The fourth-order valence-electron chi connectivity index (χ4n) is 1.15. The van der Waals surface area contributed by atoms with Crippen LogP contribution in [0.3, 0.4) is 0 Å². The van der Waals surface area contributed by atoms with E-state index in [0.717, 1.165) is 0 Å².